The highest BCUT2D eigenvalue weighted by Crippen LogP contribution is 2.57. The Morgan fingerprint density at radius 3 is 1.62 bits per heavy atom. The van der Waals surface area contributed by atoms with Gasteiger partial charge >= 0.3 is 0 Å². The zero-order chi connectivity index (χ0) is 32.6. The van der Waals surface area contributed by atoms with Gasteiger partial charge < -0.3 is 4.40 Å². The molecule has 50 heavy (non-hydrogen) atoms. The summed E-state index contributed by atoms with van der Waals surface area (Å²) >= 11 is 0. The third kappa shape index (κ3) is 3.03. The molecule has 0 saturated carbocycles. The molecule has 3 aromatic heterocycles. The molecule has 0 unspecified atom stereocenters. The van der Waals surface area contributed by atoms with Gasteiger partial charge in [-0.3, -0.25) is 0 Å². The van der Waals surface area contributed by atoms with Crippen LogP contribution < -0.4 is 5.01 Å². The minimum atomic E-state index is -0.505. The molecule has 12 rings (SSSR count). The van der Waals surface area contributed by atoms with Gasteiger partial charge in [0.15, 0.2) is 0 Å². The molecule has 0 aliphatic carbocycles. The van der Waals surface area contributed by atoms with E-state index in [1.807, 2.05) is 0 Å². The van der Waals surface area contributed by atoms with Gasteiger partial charge in [-0.15, -0.1) is 0 Å². The fourth-order valence-electron chi connectivity index (χ4n) is 9.55. The van der Waals surface area contributed by atoms with Crippen LogP contribution in [0.15, 0.2) is 176 Å². The topological polar surface area (TPSA) is 12.6 Å². The molecule has 0 spiro atoms. The van der Waals surface area contributed by atoms with Gasteiger partial charge in [-0.25, -0.2) is 9.69 Å². The van der Waals surface area contributed by atoms with Crippen LogP contribution >= 0.6 is 0 Å². The van der Waals surface area contributed by atoms with Gasteiger partial charge in [0.2, 0.25) is 0 Å². The van der Waals surface area contributed by atoms with Gasteiger partial charge in [-0.2, -0.15) is 0 Å². The third-order valence-electron chi connectivity index (χ3n) is 11.4. The van der Waals surface area contributed by atoms with E-state index in [4.69, 9.17) is 0 Å². The van der Waals surface area contributed by atoms with Crippen LogP contribution in [0, 0.1) is 0 Å². The molecule has 3 nitrogen and oxygen atoms in total. The highest BCUT2D eigenvalue weighted by molar-refractivity contribution is 6.33. The zero-order valence-electron chi connectivity index (χ0n) is 27.1. The smallest absolute Gasteiger partial charge is 0.0743 e. The highest BCUT2D eigenvalue weighted by atomic mass is 15.6. The fraction of sp³-hybridized carbons (Fsp3) is 0.0213. The van der Waals surface area contributed by atoms with E-state index in [9.17, 15) is 0 Å². The van der Waals surface area contributed by atoms with E-state index in [1.54, 1.807) is 0 Å². The fourth-order valence-corrected chi connectivity index (χ4v) is 9.55. The maximum absolute atomic E-state index is 2.51. The molecule has 3 heteroatoms. The number of rotatable bonds is 3. The normalized spacial score (nSPS) is 14.1. The van der Waals surface area contributed by atoms with E-state index in [-0.39, 0.29) is 0 Å². The number of hydrogen-bond acceptors (Lipinski definition) is 1. The lowest BCUT2D eigenvalue weighted by molar-refractivity contribution is 0.703. The average molecular weight is 636 g/mol. The van der Waals surface area contributed by atoms with Gasteiger partial charge in [-0.05, 0) is 75.5 Å². The summed E-state index contributed by atoms with van der Waals surface area (Å²) in [5, 5.41) is 10.3. The Bertz CT molecular complexity index is 3000. The second-order valence-electron chi connectivity index (χ2n) is 13.7. The number of aromatic nitrogens is 2. The van der Waals surface area contributed by atoms with Crippen LogP contribution in [0.3, 0.4) is 0 Å². The van der Waals surface area contributed by atoms with Crippen molar-refractivity contribution in [2.24, 2.45) is 0 Å². The molecule has 1 aliphatic heterocycles. The predicted molar refractivity (Wildman–Crippen MR) is 208 cm³/mol. The molecule has 8 aromatic carbocycles. The highest BCUT2D eigenvalue weighted by Gasteiger charge is 2.47. The van der Waals surface area contributed by atoms with Crippen molar-refractivity contribution in [2.45, 2.75) is 5.41 Å². The lowest BCUT2D eigenvalue weighted by Gasteiger charge is -2.46. The summed E-state index contributed by atoms with van der Waals surface area (Å²) in [6.45, 7) is 0. The minimum absolute atomic E-state index is 0.505. The van der Waals surface area contributed by atoms with E-state index in [0.29, 0.717) is 0 Å². The number of anilines is 2. The van der Waals surface area contributed by atoms with Crippen molar-refractivity contribution in [1.82, 2.24) is 9.08 Å². The van der Waals surface area contributed by atoms with Crippen LogP contribution in [0.25, 0.3) is 59.9 Å². The number of nitrogens with zero attached hydrogens (tertiary/aromatic N) is 3. The molecule has 0 atom stereocenters. The van der Waals surface area contributed by atoms with Crippen LogP contribution in [-0.2, 0) is 5.41 Å². The molecular formula is C47H29N3. The van der Waals surface area contributed by atoms with Gasteiger partial charge in [-0.1, -0.05) is 133 Å². The second-order valence-corrected chi connectivity index (χ2v) is 13.7. The van der Waals surface area contributed by atoms with Crippen LogP contribution in [0.1, 0.15) is 22.3 Å². The first-order chi connectivity index (χ1) is 24.8. The Morgan fingerprint density at radius 2 is 0.940 bits per heavy atom. The van der Waals surface area contributed by atoms with Gasteiger partial charge in [0, 0.05) is 21.5 Å². The largest absolute Gasteiger partial charge is 0.308 e. The minimum Gasteiger partial charge on any atom is -0.308 e. The van der Waals surface area contributed by atoms with Crippen LogP contribution in [0.4, 0.5) is 11.4 Å². The average Bonchev–Trinajstić information content (AvgIpc) is 3.82. The second kappa shape index (κ2) is 9.31. The Morgan fingerprint density at radius 1 is 0.380 bits per heavy atom. The van der Waals surface area contributed by atoms with Crippen molar-refractivity contribution >= 4 is 71.3 Å². The van der Waals surface area contributed by atoms with Crippen molar-refractivity contribution in [3.63, 3.8) is 0 Å². The summed E-state index contributed by atoms with van der Waals surface area (Å²) in [5.74, 6) is 0. The molecule has 0 amide bonds. The van der Waals surface area contributed by atoms with Crippen LogP contribution in [0.5, 0.6) is 0 Å². The Hall–Kier alpha value is -6.58. The monoisotopic (exact) mass is 635 g/mol. The van der Waals surface area contributed by atoms with Crippen molar-refractivity contribution in [3.05, 3.63) is 198 Å². The first-order valence-corrected chi connectivity index (χ1v) is 17.4. The van der Waals surface area contributed by atoms with E-state index < -0.39 is 5.41 Å². The lowest BCUT2D eigenvalue weighted by atomic mass is 9.62. The summed E-state index contributed by atoms with van der Waals surface area (Å²) in [6.07, 6.45) is 0. The van der Waals surface area contributed by atoms with Gasteiger partial charge in [0.05, 0.1) is 44.4 Å². The quantitative estimate of drug-likeness (QED) is 0.188. The molecule has 232 valence electrons. The standard InChI is InChI=1S/C47H29N3/c1-3-16-32(17-4-1)47(33-18-5-2-6-19-33)36-20-9-11-22-38(36)49(39-23-12-10-21-37(39)47)50-41-25-13-24-40-44(41)45-42(50)27-26-34-35-28-30-14-7-8-15-31(30)29-43(35)48(40)46(34)45/h1-29H. The molecule has 0 bridgehead atoms. The first-order valence-electron chi connectivity index (χ1n) is 17.4. The molecule has 0 fully saturated rings. The summed E-state index contributed by atoms with van der Waals surface area (Å²) in [6, 6.07) is 65.2. The SMILES string of the molecule is c1ccc(C2(c3ccccc3)c3ccccc3N(n3c4cccc5c4c4c3ccc3c6cc7ccccc7cc6n5c34)c3ccccc32)cc1. The lowest BCUT2D eigenvalue weighted by Crippen LogP contribution is -2.40. The summed E-state index contributed by atoms with van der Waals surface area (Å²) in [5.41, 5.74) is 13.1. The zero-order valence-corrected chi connectivity index (χ0v) is 27.1. The molecule has 0 radical (unpaired) electrons. The molecule has 11 aromatic rings. The number of benzene rings is 8. The van der Waals surface area contributed by atoms with Crippen LogP contribution in [0.2, 0.25) is 0 Å². The first kappa shape index (κ1) is 26.4. The predicted octanol–water partition coefficient (Wildman–Crippen LogP) is 11.7. The van der Waals surface area contributed by atoms with Crippen molar-refractivity contribution in [1.29, 1.82) is 0 Å². The number of hydrogen-bond donors (Lipinski definition) is 0. The number of para-hydroxylation sites is 2. The van der Waals surface area contributed by atoms with E-state index in [2.05, 4.69) is 190 Å². The van der Waals surface area contributed by atoms with Crippen molar-refractivity contribution < 1.29 is 0 Å². The molecular weight excluding hydrogens is 607 g/mol. The maximum Gasteiger partial charge on any atom is 0.0743 e. The van der Waals surface area contributed by atoms with Gasteiger partial charge in [0.1, 0.15) is 0 Å². The Balaban J connectivity index is 1.22. The van der Waals surface area contributed by atoms with Crippen molar-refractivity contribution in [2.75, 3.05) is 5.01 Å². The van der Waals surface area contributed by atoms with E-state index in [0.717, 1.165) is 0 Å². The number of fused-ring (bicyclic) bond motifs is 7. The van der Waals surface area contributed by atoms with Crippen molar-refractivity contribution in [3.8, 4) is 0 Å². The van der Waals surface area contributed by atoms with Crippen LogP contribution in [-0.4, -0.2) is 9.08 Å². The van der Waals surface area contributed by atoms with E-state index >= 15 is 0 Å². The maximum atomic E-state index is 2.51. The summed E-state index contributed by atoms with van der Waals surface area (Å²) in [7, 11) is 0. The molecule has 0 saturated heterocycles. The molecule has 0 N–H and O–H groups in total. The summed E-state index contributed by atoms with van der Waals surface area (Å²) in [4.78, 5) is 0. The molecule has 4 heterocycles. The third-order valence-corrected chi connectivity index (χ3v) is 11.4. The summed E-state index contributed by atoms with van der Waals surface area (Å²) < 4.78 is 5.00. The molecule has 1 aliphatic rings. The Kier molecular flexibility index (Phi) is 4.91. The van der Waals surface area contributed by atoms with Gasteiger partial charge in [0.25, 0.3) is 0 Å². The van der Waals surface area contributed by atoms with E-state index in [1.165, 1.54) is 93.5 Å². The Labute approximate surface area is 288 Å².